The van der Waals surface area contributed by atoms with Gasteiger partial charge in [0.2, 0.25) is 0 Å². The second kappa shape index (κ2) is 7.12. The smallest absolute Gasteiger partial charge is 0.118 e. The van der Waals surface area contributed by atoms with Gasteiger partial charge in [0.25, 0.3) is 0 Å². The van der Waals surface area contributed by atoms with E-state index in [4.69, 9.17) is 0 Å². The van der Waals surface area contributed by atoms with Crippen LogP contribution in [0.25, 0.3) is 0 Å². The summed E-state index contributed by atoms with van der Waals surface area (Å²) in [6, 6.07) is 7.94. The van der Waals surface area contributed by atoms with Gasteiger partial charge in [0, 0.05) is 9.84 Å². The van der Waals surface area contributed by atoms with Crippen LogP contribution in [-0.4, -0.2) is 14.1 Å². The summed E-state index contributed by atoms with van der Waals surface area (Å²) >= 11 is 2.52. The highest BCUT2D eigenvalue weighted by Gasteiger charge is 2.26. The molecule has 2 N–H and O–H groups in total. The van der Waals surface area contributed by atoms with Crippen molar-refractivity contribution >= 4 is 22.6 Å². The van der Waals surface area contributed by atoms with E-state index in [1.54, 1.807) is 0 Å². The molecule has 0 heterocycles. The predicted octanol–water partition coefficient (Wildman–Crippen LogP) is 5.68. The third kappa shape index (κ3) is 3.65. The molecule has 0 aliphatic heterocycles. The summed E-state index contributed by atoms with van der Waals surface area (Å²) in [7, 11) is 0. The predicted molar refractivity (Wildman–Crippen MR) is 105 cm³/mol. The average Bonchev–Trinajstić information content (AvgIpc) is 2.49. The minimum atomic E-state index is 0.249. The van der Waals surface area contributed by atoms with E-state index in [1.165, 1.54) is 11.1 Å². The molecule has 0 aliphatic carbocycles. The molecule has 2 aromatic rings. The lowest BCUT2D eigenvalue weighted by Crippen LogP contribution is -2.16. The lowest BCUT2D eigenvalue weighted by atomic mass is 9.82. The maximum absolute atomic E-state index is 9.97. The van der Waals surface area contributed by atoms with E-state index in [2.05, 4.69) is 55.5 Å². The van der Waals surface area contributed by atoms with Gasteiger partial charge in [0.1, 0.15) is 11.5 Å². The van der Waals surface area contributed by atoms with E-state index < -0.39 is 0 Å². The highest BCUT2D eigenvalue weighted by atomic mass is 127. The third-order valence-corrected chi connectivity index (χ3v) is 6.19. The minimum Gasteiger partial charge on any atom is -0.508 e. The van der Waals surface area contributed by atoms with Crippen LogP contribution in [0.3, 0.4) is 0 Å². The van der Waals surface area contributed by atoms with Gasteiger partial charge in [-0.25, -0.2) is 0 Å². The van der Waals surface area contributed by atoms with Gasteiger partial charge in [0.15, 0.2) is 0 Å². The zero-order chi connectivity index (χ0) is 17.3. The molecule has 2 nitrogen and oxygen atoms in total. The van der Waals surface area contributed by atoms with Crippen molar-refractivity contribution < 1.29 is 10.2 Å². The number of aryl methyl sites for hydroxylation is 4. The zero-order valence-corrected chi connectivity index (χ0v) is 16.6. The Morgan fingerprint density at radius 2 is 1.17 bits per heavy atom. The fourth-order valence-electron chi connectivity index (χ4n) is 3.11. The Labute approximate surface area is 152 Å². The minimum absolute atomic E-state index is 0.249. The van der Waals surface area contributed by atoms with Gasteiger partial charge in [-0.2, -0.15) is 0 Å². The molecule has 1 unspecified atom stereocenters. The monoisotopic (exact) mass is 424 g/mol. The number of hydrogen-bond donors (Lipinski definition) is 2. The van der Waals surface area contributed by atoms with Crippen LogP contribution in [0.15, 0.2) is 24.3 Å². The van der Waals surface area contributed by atoms with Gasteiger partial charge in [-0.3, -0.25) is 0 Å². The fraction of sp³-hybridized carbons (Fsp3) is 0.400. The van der Waals surface area contributed by atoms with E-state index in [0.717, 1.165) is 28.7 Å². The Balaban J connectivity index is 2.69. The summed E-state index contributed by atoms with van der Waals surface area (Å²) in [5.74, 6) is 0.953. The van der Waals surface area contributed by atoms with Crippen molar-refractivity contribution in [3.8, 4) is 11.5 Å². The molecule has 0 saturated carbocycles. The molecule has 0 fully saturated rings. The van der Waals surface area contributed by atoms with Crippen molar-refractivity contribution in [1.82, 2.24) is 0 Å². The normalized spacial score (nSPS) is 12.7. The zero-order valence-electron chi connectivity index (χ0n) is 14.4. The van der Waals surface area contributed by atoms with Crippen molar-refractivity contribution in [1.29, 1.82) is 0 Å². The van der Waals surface area contributed by atoms with Crippen molar-refractivity contribution in [2.45, 2.75) is 50.9 Å². The summed E-state index contributed by atoms with van der Waals surface area (Å²) in [6.45, 7) is 10.2. The van der Waals surface area contributed by atoms with Crippen molar-refractivity contribution in [2.24, 2.45) is 0 Å². The average molecular weight is 424 g/mol. The van der Waals surface area contributed by atoms with Crippen LogP contribution < -0.4 is 0 Å². The molecule has 2 rings (SSSR count). The highest BCUT2D eigenvalue weighted by Crippen LogP contribution is 2.40. The standard InChI is InChI=1S/C20H25IO2/c1-6-17(21)20(15-7-13(4)18(22)9-11(15)2)16-8-14(5)19(23)10-12(16)3/h7-10,17,20,22-23H,6H2,1-5H3. The molecule has 1 atom stereocenters. The first-order chi connectivity index (χ1) is 10.8. The third-order valence-electron chi connectivity index (χ3n) is 4.59. The number of aromatic hydroxyl groups is 2. The maximum atomic E-state index is 9.97. The quantitative estimate of drug-likeness (QED) is 0.490. The molecule has 0 aliphatic rings. The van der Waals surface area contributed by atoms with Gasteiger partial charge >= 0.3 is 0 Å². The lowest BCUT2D eigenvalue weighted by molar-refractivity contribution is 0.470. The van der Waals surface area contributed by atoms with E-state index in [-0.39, 0.29) is 5.92 Å². The van der Waals surface area contributed by atoms with Crippen LogP contribution in [0.5, 0.6) is 11.5 Å². The van der Waals surface area contributed by atoms with E-state index in [1.807, 2.05) is 26.0 Å². The Morgan fingerprint density at radius 3 is 1.52 bits per heavy atom. The van der Waals surface area contributed by atoms with Gasteiger partial charge in [0.05, 0.1) is 0 Å². The Hall–Kier alpha value is -1.23. The first-order valence-electron chi connectivity index (χ1n) is 8.00. The second-order valence-corrected chi connectivity index (χ2v) is 7.99. The summed E-state index contributed by atoms with van der Waals surface area (Å²) in [5.41, 5.74) is 6.55. The van der Waals surface area contributed by atoms with Gasteiger partial charge < -0.3 is 10.2 Å². The van der Waals surface area contributed by atoms with Gasteiger partial charge in [-0.05, 0) is 79.6 Å². The summed E-state index contributed by atoms with van der Waals surface area (Å²) in [4.78, 5) is 0. The fourth-order valence-corrected chi connectivity index (χ4v) is 3.88. The van der Waals surface area contributed by atoms with Crippen molar-refractivity contribution in [3.05, 3.63) is 57.6 Å². The molecule has 0 saturated heterocycles. The molecule has 0 aromatic heterocycles. The number of phenolic OH excluding ortho intramolecular Hbond substituents is 2. The number of halogens is 1. The van der Waals surface area contributed by atoms with Crippen LogP contribution in [0, 0.1) is 27.7 Å². The van der Waals surface area contributed by atoms with Crippen LogP contribution in [0.2, 0.25) is 0 Å². The number of benzene rings is 2. The molecule has 124 valence electrons. The molecule has 0 amide bonds. The molecule has 0 radical (unpaired) electrons. The number of hydrogen-bond acceptors (Lipinski definition) is 2. The maximum Gasteiger partial charge on any atom is 0.118 e. The summed E-state index contributed by atoms with van der Waals surface area (Å²) in [5, 5.41) is 19.9. The van der Waals surface area contributed by atoms with Crippen molar-refractivity contribution in [3.63, 3.8) is 0 Å². The highest BCUT2D eigenvalue weighted by molar-refractivity contribution is 14.1. The SMILES string of the molecule is CCC(I)C(c1cc(C)c(O)cc1C)c1cc(C)c(O)cc1C. The van der Waals surface area contributed by atoms with Crippen LogP contribution in [0.4, 0.5) is 0 Å². The van der Waals surface area contributed by atoms with Gasteiger partial charge in [-0.15, -0.1) is 0 Å². The van der Waals surface area contributed by atoms with E-state index in [9.17, 15) is 10.2 Å². The summed E-state index contributed by atoms with van der Waals surface area (Å²) < 4.78 is 0.442. The molecular formula is C20H25IO2. The van der Waals surface area contributed by atoms with Crippen LogP contribution >= 0.6 is 22.6 Å². The summed E-state index contributed by atoms with van der Waals surface area (Å²) in [6.07, 6.45) is 1.06. The lowest BCUT2D eigenvalue weighted by Gasteiger charge is -2.27. The molecule has 3 heteroatoms. The first kappa shape index (κ1) is 18.1. The molecule has 23 heavy (non-hydrogen) atoms. The molecule has 0 spiro atoms. The van der Waals surface area contributed by atoms with E-state index in [0.29, 0.717) is 15.4 Å². The van der Waals surface area contributed by atoms with Gasteiger partial charge in [-0.1, -0.05) is 41.6 Å². The number of rotatable bonds is 4. The largest absolute Gasteiger partial charge is 0.508 e. The Kier molecular flexibility index (Phi) is 5.61. The van der Waals surface area contributed by atoms with Crippen LogP contribution in [0.1, 0.15) is 52.6 Å². The number of phenols is 2. The molecular weight excluding hydrogens is 399 g/mol. The second-order valence-electron chi connectivity index (χ2n) is 6.39. The Bertz CT molecular complexity index is 665. The molecule has 0 bridgehead atoms. The molecule has 2 aromatic carbocycles. The van der Waals surface area contributed by atoms with Crippen molar-refractivity contribution in [2.75, 3.05) is 0 Å². The number of alkyl halides is 1. The Morgan fingerprint density at radius 1 is 0.783 bits per heavy atom. The topological polar surface area (TPSA) is 40.5 Å². The van der Waals surface area contributed by atoms with Crippen LogP contribution in [-0.2, 0) is 0 Å². The first-order valence-corrected chi connectivity index (χ1v) is 9.25. The van der Waals surface area contributed by atoms with E-state index >= 15 is 0 Å².